The van der Waals surface area contributed by atoms with E-state index in [0.29, 0.717) is 0 Å². The van der Waals surface area contributed by atoms with Crippen molar-refractivity contribution < 1.29 is 0 Å². The van der Waals surface area contributed by atoms with Crippen molar-refractivity contribution in [2.45, 2.75) is 31.7 Å². The van der Waals surface area contributed by atoms with Gasteiger partial charge in [-0.1, -0.05) is 25.1 Å². The molecule has 0 bridgehead atoms. The van der Waals surface area contributed by atoms with Crippen LogP contribution in [0.1, 0.15) is 25.3 Å². The highest BCUT2D eigenvalue weighted by atomic mass is 15.2. The standard InChI is InChI=1S/C14H20N2/c1-11-8-14(9-11,10-15)16-7-6-12-4-2-3-5-13(12)16/h2-5,11H,6-10,15H2,1H3. The molecule has 1 aliphatic carbocycles. The van der Waals surface area contributed by atoms with Gasteiger partial charge in [0.15, 0.2) is 0 Å². The third kappa shape index (κ3) is 1.29. The van der Waals surface area contributed by atoms with E-state index in [1.165, 1.54) is 30.5 Å². The van der Waals surface area contributed by atoms with Gasteiger partial charge in [-0.15, -0.1) is 0 Å². The topological polar surface area (TPSA) is 29.3 Å². The van der Waals surface area contributed by atoms with Crippen LogP contribution in [0.15, 0.2) is 24.3 Å². The second-order valence-electron chi connectivity index (χ2n) is 5.47. The molecule has 1 aliphatic heterocycles. The highest BCUT2D eigenvalue weighted by Gasteiger charge is 2.47. The van der Waals surface area contributed by atoms with Crippen LogP contribution in [0.2, 0.25) is 0 Å². The van der Waals surface area contributed by atoms with E-state index in [0.717, 1.165) is 19.0 Å². The Morgan fingerprint density at radius 2 is 2.12 bits per heavy atom. The molecule has 1 aromatic rings. The van der Waals surface area contributed by atoms with Gasteiger partial charge in [-0.25, -0.2) is 0 Å². The summed E-state index contributed by atoms with van der Waals surface area (Å²) in [6, 6.07) is 8.79. The van der Waals surface area contributed by atoms with Crippen LogP contribution in [-0.4, -0.2) is 18.6 Å². The molecular weight excluding hydrogens is 196 g/mol. The molecule has 0 saturated heterocycles. The molecule has 2 heteroatoms. The van der Waals surface area contributed by atoms with Gasteiger partial charge >= 0.3 is 0 Å². The average Bonchev–Trinajstić information content (AvgIpc) is 2.68. The van der Waals surface area contributed by atoms with Crippen molar-refractivity contribution in [1.82, 2.24) is 0 Å². The van der Waals surface area contributed by atoms with Crippen LogP contribution in [-0.2, 0) is 6.42 Å². The maximum Gasteiger partial charge on any atom is 0.0529 e. The fourth-order valence-electron chi connectivity index (χ4n) is 3.57. The minimum absolute atomic E-state index is 0.270. The molecule has 0 unspecified atom stereocenters. The molecule has 0 radical (unpaired) electrons. The quantitative estimate of drug-likeness (QED) is 0.821. The Kier molecular flexibility index (Phi) is 2.21. The van der Waals surface area contributed by atoms with Crippen LogP contribution in [0.4, 0.5) is 5.69 Å². The van der Waals surface area contributed by atoms with Crippen molar-refractivity contribution in [2.24, 2.45) is 11.7 Å². The molecule has 0 spiro atoms. The lowest BCUT2D eigenvalue weighted by molar-refractivity contribution is 0.159. The number of benzene rings is 1. The zero-order valence-corrected chi connectivity index (χ0v) is 9.95. The summed E-state index contributed by atoms with van der Waals surface area (Å²) in [7, 11) is 0. The smallest absolute Gasteiger partial charge is 0.0529 e. The van der Waals surface area contributed by atoms with Crippen LogP contribution < -0.4 is 10.6 Å². The predicted molar refractivity (Wildman–Crippen MR) is 67.7 cm³/mol. The second-order valence-corrected chi connectivity index (χ2v) is 5.47. The third-order valence-corrected chi connectivity index (χ3v) is 4.30. The third-order valence-electron chi connectivity index (χ3n) is 4.30. The Bertz CT molecular complexity index is 393. The SMILES string of the molecule is CC1CC(CN)(N2CCc3ccccc32)C1. The largest absolute Gasteiger partial charge is 0.364 e. The number of para-hydroxylation sites is 1. The number of nitrogens with two attached hydrogens (primary N) is 1. The van der Waals surface area contributed by atoms with E-state index >= 15 is 0 Å². The van der Waals surface area contributed by atoms with Crippen molar-refractivity contribution in [3.05, 3.63) is 29.8 Å². The molecule has 2 N–H and O–H groups in total. The molecule has 2 aliphatic rings. The zero-order chi connectivity index (χ0) is 11.2. The van der Waals surface area contributed by atoms with Gasteiger partial charge in [0.2, 0.25) is 0 Å². The molecule has 16 heavy (non-hydrogen) atoms. The fraction of sp³-hybridized carbons (Fsp3) is 0.571. The highest BCUT2D eigenvalue weighted by Crippen LogP contribution is 2.46. The Labute approximate surface area is 97.4 Å². The molecule has 0 amide bonds. The lowest BCUT2D eigenvalue weighted by atomic mass is 9.68. The second kappa shape index (κ2) is 3.49. The lowest BCUT2D eigenvalue weighted by Crippen LogP contribution is -2.61. The first-order valence-electron chi connectivity index (χ1n) is 6.31. The number of hydrogen-bond donors (Lipinski definition) is 1. The maximum absolute atomic E-state index is 6.03. The molecule has 0 atom stereocenters. The molecule has 1 saturated carbocycles. The minimum atomic E-state index is 0.270. The zero-order valence-electron chi connectivity index (χ0n) is 9.95. The lowest BCUT2D eigenvalue weighted by Gasteiger charge is -2.53. The first-order chi connectivity index (χ1) is 7.75. The van der Waals surface area contributed by atoms with E-state index in [2.05, 4.69) is 36.1 Å². The van der Waals surface area contributed by atoms with Crippen molar-refractivity contribution in [3.63, 3.8) is 0 Å². The van der Waals surface area contributed by atoms with Crippen molar-refractivity contribution in [3.8, 4) is 0 Å². The summed E-state index contributed by atoms with van der Waals surface area (Å²) in [5.41, 5.74) is 9.22. The van der Waals surface area contributed by atoms with E-state index < -0.39 is 0 Å². The Hall–Kier alpha value is -1.02. The molecule has 1 fully saturated rings. The van der Waals surface area contributed by atoms with Crippen LogP contribution >= 0.6 is 0 Å². The number of rotatable bonds is 2. The van der Waals surface area contributed by atoms with Gasteiger partial charge in [0, 0.05) is 18.8 Å². The Morgan fingerprint density at radius 3 is 2.81 bits per heavy atom. The monoisotopic (exact) mass is 216 g/mol. The van der Waals surface area contributed by atoms with Crippen molar-refractivity contribution >= 4 is 5.69 Å². The minimum Gasteiger partial charge on any atom is -0.364 e. The summed E-state index contributed by atoms with van der Waals surface area (Å²) >= 11 is 0. The molecule has 2 nitrogen and oxygen atoms in total. The first kappa shape index (κ1) is 10.2. The summed E-state index contributed by atoms with van der Waals surface area (Å²) in [5, 5.41) is 0. The van der Waals surface area contributed by atoms with Crippen molar-refractivity contribution in [1.29, 1.82) is 0 Å². The van der Waals surface area contributed by atoms with E-state index in [1.54, 1.807) is 0 Å². The Morgan fingerprint density at radius 1 is 1.38 bits per heavy atom. The predicted octanol–water partition coefficient (Wildman–Crippen LogP) is 2.18. The van der Waals surface area contributed by atoms with Gasteiger partial charge in [0.1, 0.15) is 0 Å². The number of fused-ring (bicyclic) bond motifs is 1. The number of anilines is 1. The summed E-state index contributed by atoms with van der Waals surface area (Å²) < 4.78 is 0. The highest BCUT2D eigenvalue weighted by molar-refractivity contribution is 5.60. The molecule has 86 valence electrons. The van der Waals surface area contributed by atoms with E-state index in [-0.39, 0.29) is 5.54 Å². The molecule has 3 rings (SSSR count). The van der Waals surface area contributed by atoms with E-state index in [9.17, 15) is 0 Å². The van der Waals surface area contributed by atoms with Gasteiger partial charge < -0.3 is 10.6 Å². The fourth-order valence-corrected chi connectivity index (χ4v) is 3.57. The first-order valence-corrected chi connectivity index (χ1v) is 6.31. The maximum atomic E-state index is 6.03. The summed E-state index contributed by atoms with van der Waals surface area (Å²) in [6.07, 6.45) is 3.71. The van der Waals surface area contributed by atoms with Crippen molar-refractivity contribution in [2.75, 3.05) is 18.0 Å². The summed E-state index contributed by atoms with van der Waals surface area (Å²) in [5.74, 6) is 0.844. The molecule has 0 aromatic heterocycles. The van der Waals surface area contributed by atoms with E-state index in [4.69, 9.17) is 5.73 Å². The average molecular weight is 216 g/mol. The van der Waals surface area contributed by atoms with Crippen LogP contribution in [0, 0.1) is 5.92 Å². The number of nitrogens with zero attached hydrogens (tertiary/aromatic N) is 1. The molecule has 1 aromatic carbocycles. The van der Waals surface area contributed by atoms with Crippen LogP contribution in [0.25, 0.3) is 0 Å². The summed E-state index contributed by atoms with van der Waals surface area (Å²) in [4.78, 5) is 2.57. The van der Waals surface area contributed by atoms with Gasteiger partial charge in [0.25, 0.3) is 0 Å². The number of hydrogen-bond acceptors (Lipinski definition) is 2. The van der Waals surface area contributed by atoms with Gasteiger partial charge in [-0.2, -0.15) is 0 Å². The van der Waals surface area contributed by atoms with E-state index in [1.807, 2.05) is 0 Å². The van der Waals surface area contributed by atoms with Gasteiger partial charge in [-0.3, -0.25) is 0 Å². The van der Waals surface area contributed by atoms with Crippen LogP contribution in [0.3, 0.4) is 0 Å². The molecule has 1 heterocycles. The normalized spacial score (nSPS) is 32.4. The molecular formula is C14H20N2. The van der Waals surface area contributed by atoms with Gasteiger partial charge in [0.05, 0.1) is 5.54 Å². The Balaban J connectivity index is 1.92. The van der Waals surface area contributed by atoms with Crippen LogP contribution in [0.5, 0.6) is 0 Å². The summed E-state index contributed by atoms with van der Waals surface area (Å²) in [6.45, 7) is 4.28. The van der Waals surface area contributed by atoms with Gasteiger partial charge in [-0.05, 0) is 36.8 Å².